The molecule has 1 saturated heterocycles. The quantitative estimate of drug-likeness (QED) is 0.786. The van der Waals surface area contributed by atoms with Gasteiger partial charge < -0.3 is 9.84 Å². The van der Waals surface area contributed by atoms with Crippen LogP contribution in [0.1, 0.15) is 29.7 Å². The minimum Gasteiger partial charge on any atom is -0.395 e. The molecule has 5 nitrogen and oxygen atoms in total. The molecule has 1 fully saturated rings. The molecule has 0 aliphatic carbocycles. The van der Waals surface area contributed by atoms with Gasteiger partial charge in [0.15, 0.2) is 0 Å². The third-order valence-corrected chi connectivity index (χ3v) is 4.98. The van der Waals surface area contributed by atoms with Crippen LogP contribution >= 0.6 is 11.3 Å². The smallest absolute Gasteiger partial charge is 0.0953 e. The minimum absolute atomic E-state index is 0.207. The summed E-state index contributed by atoms with van der Waals surface area (Å²) in [6.45, 7) is 11.9. The van der Waals surface area contributed by atoms with Crippen molar-refractivity contribution in [3.05, 3.63) is 16.1 Å². The molecule has 0 unspecified atom stereocenters. The van der Waals surface area contributed by atoms with Crippen LogP contribution in [0.3, 0.4) is 0 Å². The molecule has 0 aromatic carbocycles. The zero-order chi connectivity index (χ0) is 15.1. The van der Waals surface area contributed by atoms with Gasteiger partial charge in [0.25, 0.3) is 0 Å². The first-order chi connectivity index (χ1) is 10.2. The second-order valence-corrected chi connectivity index (χ2v) is 6.92. The van der Waals surface area contributed by atoms with Crippen LogP contribution in [-0.2, 0) is 11.3 Å². The van der Waals surface area contributed by atoms with Gasteiger partial charge in [-0.05, 0) is 0 Å². The van der Waals surface area contributed by atoms with Gasteiger partial charge in [0.1, 0.15) is 0 Å². The number of ether oxygens (including phenoxy) is 1. The predicted molar refractivity (Wildman–Crippen MR) is 85.8 cm³/mol. The first kappa shape index (κ1) is 16.8. The van der Waals surface area contributed by atoms with E-state index in [1.807, 2.05) is 6.20 Å². The van der Waals surface area contributed by atoms with Gasteiger partial charge in [-0.25, -0.2) is 4.98 Å². The number of rotatable bonds is 8. The Hall–Kier alpha value is -0.530. The lowest BCUT2D eigenvalue weighted by Gasteiger charge is -2.29. The van der Waals surface area contributed by atoms with E-state index in [-0.39, 0.29) is 6.61 Å². The summed E-state index contributed by atoms with van der Waals surface area (Å²) < 4.78 is 5.37. The number of aromatic nitrogens is 1. The Labute approximate surface area is 131 Å². The van der Waals surface area contributed by atoms with E-state index < -0.39 is 0 Å². The van der Waals surface area contributed by atoms with Crippen molar-refractivity contribution in [2.45, 2.75) is 26.3 Å². The lowest BCUT2D eigenvalue weighted by molar-refractivity contribution is 0.0321. The molecule has 0 saturated carbocycles. The van der Waals surface area contributed by atoms with E-state index in [0.717, 1.165) is 52.5 Å². The predicted octanol–water partition coefficient (Wildman–Crippen LogP) is 1.39. The highest BCUT2D eigenvalue weighted by molar-refractivity contribution is 7.11. The molecular weight excluding hydrogens is 286 g/mol. The fourth-order valence-corrected chi connectivity index (χ4v) is 3.36. The number of aliphatic hydroxyl groups excluding tert-OH is 1. The Morgan fingerprint density at radius 2 is 2.14 bits per heavy atom. The lowest BCUT2D eigenvalue weighted by atomic mass is 10.2. The van der Waals surface area contributed by atoms with Crippen molar-refractivity contribution in [2.75, 3.05) is 52.5 Å². The lowest BCUT2D eigenvalue weighted by Crippen LogP contribution is -2.41. The van der Waals surface area contributed by atoms with Crippen LogP contribution in [0.4, 0.5) is 0 Å². The van der Waals surface area contributed by atoms with E-state index in [1.54, 1.807) is 11.3 Å². The Balaban J connectivity index is 1.82. The van der Waals surface area contributed by atoms with Gasteiger partial charge in [0.05, 0.1) is 24.8 Å². The van der Waals surface area contributed by atoms with Crippen LogP contribution in [0.25, 0.3) is 0 Å². The summed E-state index contributed by atoms with van der Waals surface area (Å²) in [7, 11) is 0. The summed E-state index contributed by atoms with van der Waals surface area (Å²) >= 11 is 1.79. The average Bonchev–Trinajstić information content (AvgIpc) is 2.95. The molecule has 1 aromatic rings. The summed E-state index contributed by atoms with van der Waals surface area (Å²) in [4.78, 5) is 10.5. The third-order valence-electron chi connectivity index (χ3n) is 3.70. The molecule has 21 heavy (non-hydrogen) atoms. The standard InChI is InChI=1S/C15H27N3O2S/c1-13(2)15-16-11-14(21-15)12-18(5-8-19)4-3-17-6-9-20-10-7-17/h11,13,19H,3-10,12H2,1-2H3. The topological polar surface area (TPSA) is 48.8 Å². The second-order valence-electron chi connectivity index (χ2n) is 5.77. The maximum Gasteiger partial charge on any atom is 0.0953 e. The Kier molecular flexibility index (Phi) is 7.06. The first-order valence-electron chi connectivity index (χ1n) is 7.77. The molecular formula is C15H27N3O2S. The molecule has 6 heteroatoms. The SMILES string of the molecule is CC(C)c1ncc(CN(CCO)CCN2CCOCC2)s1. The van der Waals surface area contributed by atoms with Crippen molar-refractivity contribution in [3.8, 4) is 0 Å². The zero-order valence-corrected chi connectivity index (χ0v) is 13.9. The highest BCUT2D eigenvalue weighted by Crippen LogP contribution is 2.22. The number of hydrogen-bond donors (Lipinski definition) is 1. The first-order valence-corrected chi connectivity index (χ1v) is 8.58. The van der Waals surface area contributed by atoms with E-state index in [0.29, 0.717) is 5.92 Å². The van der Waals surface area contributed by atoms with E-state index in [4.69, 9.17) is 4.74 Å². The maximum absolute atomic E-state index is 9.26. The largest absolute Gasteiger partial charge is 0.395 e. The Morgan fingerprint density at radius 3 is 2.76 bits per heavy atom. The van der Waals surface area contributed by atoms with E-state index >= 15 is 0 Å². The summed E-state index contributed by atoms with van der Waals surface area (Å²) in [5.74, 6) is 0.489. The Bertz CT molecular complexity index is 405. The van der Waals surface area contributed by atoms with Crippen molar-refractivity contribution in [1.29, 1.82) is 0 Å². The number of thiazole rings is 1. The van der Waals surface area contributed by atoms with Gasteiger partial charge in [0.2, 0.25) is 0 Å². The molecule has 1 N–H and O–H groups in total. The number of morpholine rings is 1. The minimum atomic E-state index is 0.207. The van der Waals surface area contributed by atoms with E-state index in [2.05, 4.69) is 28.6 Å². The summed E-state index contributed by atoms with van der Waals surface area (Å²) in [6, 6.07) is 0. The van der Waals surface area contributed by atoms with Gasteiger partial charge in [-0.15, -0.1) is 11.3 Å². The third kappa shape index (κ3) is 5.64. The summed E-state index contributed by atoms with van der Waals surface area (Å²) in [5.41, 5.74) is 0. The Morgan fingerprint density at radius 1 is 1.38 bits per heavy atom. The van der Waals surface area contributed by atoms with Crippen LogP contribution < -0.4 is 0 Å². The van der Waals surface area contributed by atoms with Gasteiger partial charge in [-0.3, -0.25) is 9.80 Å². The normalized spacial score (nSPS) is 17.0. The zero-order valence-electron chi connectivity index (χ0n) is 13.1. The second kappa shape index (κ2) is 8.80. The molecule has 2 heterocycles. The molecule has 2 rings (SSSR count). The van der Waals surface area contributed by atoms with Crippen molar-refractivity contribution in [3.63, 3.8) is 0 Å². The maximum atomic E-state index is 9.26. The number of aliphatic hydroxyl groups is 1. The fourth-order valence-electron chi connectivity index (χ4n) is 2.40. The van der Waals surface area contributed by atoms with Gasteiger partial charge in [0, 0.05) is 56.3 Å². The summed E-state index contributed by atoms with van der Waals surface area (Å²) in [5, 5.41) is 10.5. The molecule has 0 atom stereocenters. The molecule has 0 amide bonds. The average molecular weight is 313 g/mol. The van der Waals surface area contributed by atoms with Gasteiger partial charge >= 0.3 is 0 Å². The van der Waals surface area contributed by atoms with Crippen molar-refractivity contribution < 1.29 is 9.84 Å². The van der Waals surface area contributed by atoms with Gasteiger partial charge in [-0.1, -0.05) is 13.8 Å². The van der Waals surface area contributed by atoms with E-state index in [1.165, 1.54) is 9.88 Å². The van der Waals surface area contributed by atoms with Crippen molar-refractivity contribution in [1.82, 2.24) is 14.8 Å². The van der Waals surface area contributed by atoms with Crippen LogP contribution in [0.5, 0.6) is 0 Å². The van der Waals surface area contributed by atoms with Crippen LogP contribution in [0.2, 0.25) is 0 Å². The molecule has 0 spiro atoms. The van der Waals surface area contributed by atoms with E-state index in [9.17, 15) is 5.11 Å². The van der Waals surface area contributed by atoms with Crippen LogP contribution in [0.15, 0.2) is 6.20 Å². The summed E-state index contributed by atoms with van der Waals surface area (Å²) in [6.07, 6.45) is 1.99. The van der Waals surface area contributed by atoms with Crippen LogP contribution in [0, 0.1) is 0 Å². The molecule has 0 bridgehead atoms. The molecule has 1 aliphatic rings. The number of nitrogens with zero attached hydrogens (tertiary/aromatic N) is 3. The molecule has 120 valence electrons. The van der Waals surface area contributed by atoms with Crippen LogP contribution in [-0.4, -0.2) is 72.4 Å². The molecule has 1 aliphatic heterocycles. The molecule has 0 radical (unpaired) electrons. The highest BCUT2D eigenvalue weighted by atomic mass is 32.1. The monoisotopic (exact) mass is 313 g/mol. The molecule has 1 aromatic heterocycles. The fraction of sp³-hybridized carbons (Fsp3) is 0.800. The van der Waals surface area contributed by atoms with Gasteiger partial charge in [-0.2, -0.15) is 0 Å². The number of hydrogen-bond acceptors (Lipinski definition) is 6. The highest BCUT2D eigenvalue weighted by Gasteiger charge is 2.14. The van der Waals surface area contributed by atoms with Crippen molar-refractivity contribution in [2.24, 2.45) is 0 Å². The van der Waals surface area contributed by atoms with Crippen molar-refractivity contribution >= 4 is 11.3 Å².